The lowest BCUT2D eigenvalue weighted by atomic mass is 10.1. The highest BCUT2D eigenvalue weighted by molar-refractivity contribution is 6.31. The zero-order chi connectivity index (χ0) is 14.0. The Balaban J connectivity index is 2.42. The van der Waals surface area contributed by atoms with Gasteiger partial charge in [-0.3, -0.25) is 14.3 Å². The van der Waals surface area contributed by atoms with Gasteiger partial charge in [0, 0.05) is 16.8 Å². The summed E-state index contributed by atoms with van der Waals surface area (Å²) in [5.41, 5.74) is 0.723. The molecule has 0 spiro atoms. The van der Waals surface area contributed by atoms with Crippen LogP contribution in [0.1, 0.15) is 16.7 Å². The number of rotatable bonds is 2. The summed E-state index contributed by atoms with van der Waals surface area (Å²) in [6, 6.07) is 6.85. The summed E-state index contributed by atoms with van der Waals surface area (Å²) in [4.78, 5) is 25.1. The van der Waals surface area contributed by atoms with Crippen molar-refractivity contribution in [3.05, 3.63) is 66.9 Å². The maximum absolute atomic E-state index is 11.6. The van der Waals surface area contributed by atoms with Gasteiger partial charge in [0.15, 0.2) is 0 Å². The molecule has 2 aromatic rings. The number of halogens is 1. The summed E-state index contributed by atoms with van der Waals surface area (Å²) >= 11 is 6.04. The minimum atomic E-state index is -0.490. The molecule has 0 aliphatic carbocycles. The number of nitrogens with one attached hydrogen (secondary N) is 1. The molecule has 0 radical (unpaired) electrons. The van der Waals surface area contributed by atoms with Crippen LogP contribution in [-0.4, -0.2) is 9.55 Å². The highest BCUT2D eigenvalue weighted by Gasteiger charge is 2.06. The lowest BCUT2D eigenvalue weighted by molar-refractivity contribution is 0.713. The number of aryl methyl sites for hydroxylation is 1. The van der Waals surface area contributed by atoms with Gasteiger partial charge >= 0.3 is 5.69 Å². The summed E-state index contributed by atoms with van der Waals surface area (Å²) in [7, 11) is 0. The smallest absolute Gasteiger partial charge is 0.296 e. The predicted octanol–water partition coefficient (Wildman–Crippen LogP) is 1.42. The number of hydrogen-bond acceptors (Lipinski definition) is 3. The van der Waals surface area contributed by atoms with Crippen LogP contribution in [0.2, 0.25) is 5.02 Å². The van der Waals surface area contributed by atoms with Crippen LogP contribution >= 0.6 is 11.6 Å². The Morgan fingerprint density at radius 1 is 1.42 bits per heavy atom. The molecule has 0 saturated carbocycles. The van der Waals surface area contributed by atoms with Crippen LogP contribution in [0.15, 0.2) is 34.0 Å². The van der Waals surface area contributed by atoms with Crippen molar-refractivity contribution in [2.45, 2.75) is 13.5 Å². The third kappa shape index (κ3) is 2.75. The van der Waals surface area contributed by atoms with Crippen LogP contribution in [0.25, 0.3) is 0 Å². The maximum atomic E-state index is 11.6. The van der Waals surface area contributed by atoms with Crippen LogP contribution in [0.5, 0.6) is 0 Å². The van der Waals surface area contributed by atoms with E-state index in [2.05, 4.69) is 4.98 Å². The molecule has 0 fully saturated rings. The third-order valence-electron chi connectivity index (χ3n) is 2.71. The molecule has 96 valence electrons. The van der Waals surface area contributed by atoms with Gasteiger partial charge in [0.2, 0.25) is 0 Å². The minimum Gasteiger partial charge on any atom is -0.296 e. The molecular formula is C13H10ClN3O2. The summed E-state index contributed by atoms with van der Waals surface area (Å²) in [6.45, 7) is 1.86. The fraction of sp³-hybridized carbons (Fsp3) is 0.154. The number of nitriles is 1. The minimum absolute atomic E-state index is 0.237. The van der Waals surface area contributed by atoms with Crippen LogP contribution in [0.4, 0.5) is 0 Å². The molecule has 0 saturated heterocycles. The van der Waals surface area contributed by atoms with Crippen molar-refractivity contribution in [3.8, 4) is 6.07 Å². The molecule has 5 nitrogen and oxygen atoms in total. The molecule has 2 rings (SSSR count). The van der Waals surface area contributed by atoms with Gasteiger partial charge in [-0.2, -0.15) is 5.26 Å². The van der Waals surface area contributed by atoms with E-state index in [0.717, 1.165) is 0 Å². The first kappa shape index (κ1) is 13.1. The SMILES string of the molecule is Cc1cn(Cc2ccc(C#N)cc2Cl)c(=O)[nH]c1=O. The first-order valence-electron chi connectivity index (χ1n) is 5.50. The first-order chi connectivity index (χ1) is 9.01. The van der Waals surface area contributed by atoms with Crippen molar-refractivity contribution in [1.29, 1.82) is 5.26 Å². The van der Waals surface area contributed by atoms with E-state index in [-0.39, 0.29) is 6.54 Å². The number of nitrogens with zero attached hydrogens (tertiary/aromatic N) is 2. The Labute approximate surface area is 113 Å². The second kappa shape index (κ2) is 5.12. The van der Waals surface area contributed by atoms with E-state index in [1.165, 1.54) is 10.8 Å². The van der Waals surface area contributed by atoms with Gasteiger partial charge in [-0.25, -0.2) is 4.79 Å². The third-order valence-corrected chi connectivity index (χ3v) is 3.06. The van der Waals surface area contributed by atoms with E-state index in [1.54, 1.807) is 25.1 Å². The Kier molecular flexibility index (Phi) is 3.54. The molecule has 0 aliphatic heterocycles. The number of aromatic nitrogens is 2. The van der Waals surface area contributed by atoms with E-state index >= 15 is 0 Å². The number of H-pyrrole nitrogens is 1. The maximum Gasteiger partial charge on any atom is 0.328 e. The number of hydrogen-bond donors (Lipinski definition) is 1. The normalized spacial score (nSPS) is 10.2. The quantitative estimate of drug-likeness (QED) is 0.900. The molecule has 1 N–H and O–H groups in total. The summed E-state index contributed by atoms with van der Waals surface area (Å²) in [5, 5.41) is 9.16. The molecule has 0 amide bonds. The van der Waals surface area contributed by atoms with E-state index in [1.807, 2.05) is 6.07 Å². The average Bonchev–Trinajstić information content (AvgIpc) is 2.38. The Morgan fingerprint density at radius 3 is 2.79 bits per heavy atom. The molecular weight excluding hydrogens is 266 g/mol. The van der Waals surface area contributed by atoms with E-state index < -0.39 is 11.2 Å². The molecule has 0 aliphatic rings. The first-order valence-corrected chi connectivity index (χ1v) is 5.88. The molecule has 1 aromatic heterocycles. The van der Waals surface area contributed by atoms with E-state index in [4.69, 9.17) is 16.9 Å². The molecule has 0 atom stereocenters. The van der Waals surface area contributed by atoms with Gasteiger partial charge in [-0.1, -0.05) is 17.7 Å². The van der Waals surface area contributed by atoms with Crippen LogP contribution in [-0.2, 0) is 6.54 Å². The molecule has 1 aromatic carbocycles. The van der Waals surface area contributed by atoms with Gasteiger partial charge in [0.25, 0.3) is 5.56 Å². The van der Waals surface area contributed by atoms with Crippen molar-refractivity contribution in [2.24, 2.45) is 0 Å². The van der Waals surface area contributed by atoms with Crippen LogP contribution in [0, 0.1) is 18.3 Å². The average molecular weight is 276 g/mol. The van der Waals surface area contributed by atoms with E-state index in [0.29, 0.717) is 21.7 Å². The Bertz CT molecular complexity index is 784. The van der Waals surface area contributed by atoms with Gasteiger partial charge < -0.3 is 0 Å². The van der Waals surface area contributed by atoms with Crippen molar-refractivity contribution in [3.63, 3.8) is 0 Å². The monoisotopic (exact) mass is 275 g/mol. The predicted molar refractivity (Wildman–Crippen MR) is 71.3 cm³/mol. The fourth-order valence-corrected chi connectivity index (χ4v) is 1.90. The van der Waals surface area contributed by atoms with Crippen molar-refractivity contribution in [1.82, 2.24) is 9.55 Å². The zero-order valence-electron chi connectivity index (χ0n) is 10.1. The van der Waals surface area contributed by atoms with Gasteiger partial charge in [0.1, 0.15) is 0 Å². The van der Waals surface area contributed by atoms with Gasteiger partial charge in [-0.05, 0) is 24.6 Å². The molecule has 6 heteroatoms. The van der Waals surface area contributed by atoms with Crippen molar-refractivity contribution < 1.29 is 0 Å². The zero-order valence-corrected chi connectivity index (χ0v) is 10.9. The lowest BCUT2D eigenvalue weighted by Gasteiger charge is -2.08. The Hall–Kier alpha value is -2.32. The van der Waals surface area contributed by atoms with Gasteiger partial charge in [-0.15, -0.1) is 0 Å². The summed E-state index contributed by atoms with van der Waals surface area (Å²) in [6.07, 6.45) is 1.48. The fourth-order valence-electron chi connectivity index (χ4n) is 1.66. The summed E-state index contributed by atoms with van der Waals surface area (Å²) in [5.74, 6) is 0. The molecule has 1 heterocycles. The van der Waals surface area contributed by atoms with E-state index in [9.17, 15) is 9.59 Å². The second-order valence-electron chi connectivity index (χ2n) is 4.12. The van der Waals surface area contributed by atoms with Crippen molar-refractivity contribution in [2.75, 3.05) is 0 Å². The highest BCUT2D eigenvalue weighted by Crippen LogP contribution is 2.18. The molecule has 19 heavy (non-hydrogen) atoms. The topological polar surface area (TPSA) is 78.7 Å². The standard InChI is InChI=1S/C13H10ClN3O2/c1-8-6-17(13(19)16-12(8)18)7-10-3-2-9(5-15)4-11(10)14/h2-4,6H,7H2,1H3,(H,16,18,19). The van der Waals surface area contributed by atoms with Crippen LogP contribution < -0.4 is 11.2 Å². The lowest BCUT2D eigenvalue weighted by Crippen LogP contribution is -2.31. The highest BCUT2D eigenvalue weighted by atomic mass is 35.5. The molecule has 0 bridgehead atoms. The molecule has 0 unspecified atom stereocenters. The van der Waals surface area contributed by atoms with Gasteiger partial charge in [0.05, 0.1) is 18.2 Å². The second-order valence-corrected chi connectivity index (χ2v) is 4.52. The number of benzene rings is 1. The van der Waals surface area contributed by atoms with Crippen LogP contribution in [0.3, 0.4) is 0 Å². The largest absolute Gasteiger partial charge is 0.328 e. The Morgan fingerprint density at radius 2 is 2.16 bits per heavy atom. The summed E-state index contributed by atoms with van der Waals surface area (Å²) < 4.78 is 1.37. The number of aromatic amines is 1. The van der Waals surface area contributed by atoms with Crippen molar-refractivity contribution >= 4 is 11.6 Å².